The topological polar surface area (TPSA) is 44.7 Å². The van der Waals surface area contributed by atoms with E-state index in [9.17, 15) is 5.11 Å². The predicted octanol–water partition coefficient (Wildman–Crippen LogP) is -0.0765. The highest BCUT2D eigenvalue weighted by molar-refractivity contribution is 4.75. The molecule has 1 saturated heterocycles. The number of likely N-dealkylation sites (N-methyl/N-ethyl adjacent to an activating group) is 1. The largest absolute Gasteiger partial charge is 0.390 e. The van der Waals surface area contributed by atoms with Gasteiger partial charge < -0.3 is 20.1 Å². The van der Waals surface area contributed by atoms with Gasteiger partial charge in [0.15, 0.2) is 0 Å². The normalized spacial score (nSPS) is 28.6. The van der Waals surface area contributed by atoms with Crippen LogP contribution in [-0.4, -0.2) is 62.6 Å². The fourth-order valence-electron chi connectivity index (χ4n) is 1.97. The molecule has 3 unspecified atom stereocenters. The summed E-state index contributed by atoms with van der Waals surface area (Å²) in [5, 5.41) is 12.9. The summed E-state index contributed by atoms with van der Waals surface area (Å²) in [7, 11) is 3.94. The Bertz CT molecular complexity index is 176. The quantitative estimate of drug-likeness (QED) is 0.652. The molecule has 1 fully saturated rings. The SMILES string of the molecule is CC1OCCC1CNCC(O)CN(C)C. The van der Waals surface area contributed by atoms with Crippen LogP contribution in [0.25, 0.3) is 0 Å². The summed E-state index contributed by atoms with van der Waals surface area (Å²) in [4.78, 5) is 1.99. The molecule has 4 heteroatoms. The molecule has 0 spiro atoms. The van der Waals surface area contributed by atoms with Gasteiger partial charge in [0.2, 0.25) is 0 Å². The summed E-state index contributed by atoms with van der Waals surface area (Å²) < 4.78 is 5.48. The Labute approximate surface area is 92.6 Å². The average Bonchev–Trinajstić information content (AvgIpc) is 2.50. The first-order chi connectivity index (χ1) is 7.09. The monoisotopic (exact) mass is 216 g/mol. The molecular formula is C11H24N2O2. The molecular weight excluding hydrogens is 192 g/mol. The number of hydrogen-bond donors (Lipinski definition) is 2. The number of aliphatic hydroxyl groups excluding tert-OH is 1. The minimum atomic E-state index is -0.280. The van der Waals surface area contributed by atoms with Crippen LogP contribution < -0.4 is 5.32 Å². The molecule has 1 heterocycles. The van der Waals surface area contributed by atoms with Crippen molar-refractivity contribution in [2.45, 2.75) is 25.6 Å². The van der Waals surface area contributed by atoms with E-state index in [0.717, 1.165) is 19.6 Å². The van der Waals surface area contributed by atoms with Gasteiger partial charge in [0.1, 0.15) is 0 Å². The summed E-state index contributed by atoms with van der Waals surface area (Å²) >= 11 is 0. The van der Waals surface area contributed by atoms with E-state index in [1.807, 2.05) is 19.0 Å². The van der Waals surface area contributed by atoms with Crippen molar-refractivity contribution in [3.05, 3.63) is 0 Å². The Kier molecular flexibility index (Phi) is 5.53. The van der Waals surface area contributed by atoms with Crippen LogP contribution in [0.2, 0.25) is 0 Å². The van der Waals surface area contributed by atoms with E-state index >= 15 is 0 Å². The second-order valence-corrected chi connectivity index (χ2v) is 4.70. The zero-order valence-electron chi connectivity index (χ0n) is 10.1. The number of rotatable bonds is 6. The summed E-state index contributed by atoms with van der Waals surface area (Å²) in [6, 6.07) is 0. The Balaban J connectivity index is 2.05. The highest BCUT2D eigenvalue weighted by atomic mass is 16.5. The Morgan fingerprint density at radius 3 is 2.80 bits per heavy atom. The smallest absolute Gasteiger partial charge is 0.0791 e. The third-order valence-electron chi connectivity index (χ3n) is 2.90. The van der Waals surface area contributed by atoms with Gasteiger partial charge >= 0.3 is 0 Å². The number of nitrogens with zero attached hydrogens (tertiary/aromatic N) is 1. The molecule has 0 bridgehead atoms. The molecule has 1 aliphatic heterocycles. The number of aliphatic hydroxyl groups is 1. The van der Waals surface area contributed by atoms with Crippen molar-refractivity contribution in [1.82, 2.24) is 10.2 Å². The average molecular weight is 216 g/mol. The van der Waals surface area contributed by atoms with Crippen LogP contribution >= 0.6 is 0 Å². The van der Waals surface area contributed by atoms with Crippen molar-refractivity contribution in [2.75, 3.05) is 40.3 Å². The molecule has 0 aliphatic carbocycles. The lowest BCUT2D eigenvalue weighted by atomic mass is 10.0. The first-order valence-corrected chi connectivity index (χ1v) is 5.74. The highest BCUT2D eigenvalue weighted by Gasteiger charge is 2.23. The molecule has 90 valence electrons. The maximum absolute atomic E-state index is 9.62. The molecule has 1 rings (SSSR count). The lowest BCUT2D eigenvalue weighted by Gasteiger charge is -2.19. The van der Waals surface area contributed by atoms with Crippen molar-refractivity contribution < 1.29 is 9.84 Å². The summed E-state index contributed by atoms with van der Waals surface area (Å²) in [5.74, 6) is 0.608. The third-order valence-corrected chi connectivity index (χ3v) is 2.90. The maximum atomic E-state index is 9.62. The van der Waals surface area contributed by atoms with E-state index in [4.69, 9.17) is 4.74 Å². The fourth-order valence-corrected chi connectivity index (χ4v) is 1.97. The van der Waals surface area contributed by atoms with Gasteiger partial charge in [-0.05, 0) is 33.4 Å². The van der Waals surface area contributed by atoms with Crippen molar-refractivity contribution in [2.24, 2.45) is 5.92 Å². The predicted molar refractivity (Wildman–Crippen MR) is 61.0 cm³/mol. The zero-order valence-corrected chi connectivity index (χ0v) is 10.1. The van der Waals surface area contributed by atoms with Gasteiger partial charge in [0.25, 0.3) is 0 Å². The lowest BCUT2D eigenvalue weighted by Crippen LogP contribution is -2.37. The molecule has 3 atom stereocenters. The summed E-state index contributed by atoms with van der Waals surface area (Å²) in [6.45, 7) is 5.33. The molecule has 0 aromatic rings. The van der Waals surface area contributed by atoms with Gasteiger partial charge in [-0.1, -0.05) is 0 Å². The van der Waals surface area contributed by atoms with E-state index in [-0.39, 0.29) is 6.10 Å². The van der Waals surface area contributed by atoms with E-state index in [1.54, 1.807) is 0 Å². The van der Waals surface area contributed by atoms with E-state index in [0.29, 0.717) is 25.1 Å². The van der Waals surface area contributed by atoms with Gasteiger partial charge in [-0.2, -0.15) is 0 Å². The second-order valence-electron chi connectivity index (χ2n) is 4.70. The van der Waals surface area contributed by atoms with Crippen molar-refractivity contribution >= 4 is 0 Å². The molecule has 0 radical (unpaired) electrons. The first-order valence-electron chi connectivity index (χ1n) is 5.74. The minimum absolute atomic E-state index is 0.280. The van der Waals surface area contributed by atoms with Crippen LogP contribution in [-0.2, 0) is 4.74 Å². The molecule has 2 N–H and O–H groups in total. The Morgan fingerprint density at radius 1 is 1.53 bits per heavy atom. The van der Waals surface area contributed by atoms with Crippen LogP contribution in [0, 0.1) is 5.92 Å². The van der Waals surface area contributed by atoms with Crippen molar-refractivity contribution in [3.63, 3.8) is 0 Å². The fraction of sp³-hybridized carbons (Fsp3) is 1.00. The molecule has 4 nitrogen and oxygen atoms in total. The van der Waals surface area contributed by atoms with Gasteiger partial charge in [-0.3, -0.25) is 0 Å². The van der Waals surface area contributed by atoms with Gasteiger partial charge in [-0.25, -0.2) is 0 Å². The lowest BCUT2D eigenvalue weighted by molar-refractivity contribution is 0.101. The molecule has 0 aromatic heterocycles. The molecule has 1 aliphatic rings. The first kappa shape index (κ1) is 12.9. The van der Waals surface area contributed by atoms with E-state index in [2.05, 4.69) is 12.2 Å². The standard InChI is InChI=1S/C11H24N2O2/c1-9-10(4-5-15-9)6-12-7-11(14)8-13(2)3/h9-12,14H,4-8H2,1-3H3. The summed E-state index contributed by atoms with van der Waals surface area (Å²) in [6.07, 6.45) is 1.22. The molecule has 15 heavy (non-hydrogen) atoms. The third kappa shape index (κ3) is 4.93. The van der Waals surface area contributed by atoms with Crippen LogP contribution in [0.15, 0.2) is 0 Å². The molecule has 0 amide bonds. The van der Waals surface area contributed by atoms with Crippen LogP contribution in [0.3, 0.4) is 0 Å². The van der Waals surface area contributed by atoms with Gasteiger partial charge in [0, 0.05) is 26.2 Å². The molecule has 0 aromatic carbocycles. The van der Waals surface area contributed by atoms with Crippen LogP contribution in [0.5, 0.6) is 0 Å². The maximum Gasteiger partial charge on any atom is 0.0791 e. The zero-order chi connectivity index (χ0) is 11.3. The second kappa shape index (κ2) is 6.43. The molecule has 0 saturated carbocycles. The number of hydrogen-bond acceptors (Lipinski definition) is 4. The Morgan fingerprint density at radius 2 is 2.27 bits per heavy atom. The Hall–Kier alpha value is -0.160. The van der Waals surface area contributed by atoms with Gasteiger partial charge in [-0.15, -0.1) is 0 Å². The number of ether oxygens (including phenoxy) is 1. The van der Waals surface area contributed by atoms with Crippen LogP contribution in [0.1, 0.15) is 13.3 Å². The van der Waals surface area contributed by atoms with Crippen molar-refractivity contribution in [1.29, 1.82) is 0 Å². The van der Waals surface area contributed by atoms with Gasteiger partial charge in [0.05, 0.1) is 12.2 Å². The number of nitrogens with one attached hydrogen (secondary N) is 1. The minimum Gasteiger partial charge on any atom is -0.390 e. The summed E-state index contributed by atoms with van der Waals surface area (Å²) in [5.41, 5.74) is 0. The van der Waals surface area contributed by atoms with Crippen molar-refractivity contribution in [3.8, 4) is 0 Å². The van der Waals surface area contributed by atoms with E-state index in [1.165, 1.54) is 0 Å². The van der Waals surface area contributed by atoms with Crippen LogP contribution in [0.4, 0.5) is 0 Å². The van der Waals surface area contributed by atoms with E-state index < -0.39 is 0 Å². The highest BCUT2D eigenvalue weighted by Crippen LogP contribution is 2.19.